The van der Waals surface area contributed by atoms with Gasteiger partial charge in [0.25, 0.3) is 0 Å². The number of aliphatic hydroxyl groups excluding tert-OH is 1. The first kappa shape index (κ1) is 13.1. The Bertz CT molecular complexity index is 366. The summed E-state index contributed by atoms with van der Waals surface area (Å²) in [7, 11) is 1.50. The number of rotatable bonds is 4. The van der Waals surface area contributed by atoms with Gasteiger partial charge in [-0.3, -0.25) is 0 Å². The molecule has 0 fully saturated rings. The molecule has 2 nitrogen and oxygen atoms in total. The van der Waals surface area contributed by atoms with E-state index in [2.05, 4.69) is 0 Å². The van der Waals surface area contributed by atoms with Gasteiger partial charge in [0, 0.05) is 18.6 Å². The third-order valence-corrected chi connectivity index (χ3v) is 2.59. The van der Waals surface area contributed by atoms with Crippen molar-refractivity contribution in [3.05, 3.63) is 34.9 Å². The van der Waals surface area contributed by atoms with E-state index in [1.807, 2.05) is 0 Å². The molecule has 0 saturated carbocycles. The van der Waals surface area contributed by atoms with Gasteiger partial charge in [-0.1, -0.05) is 19.1 Å². The summed E-state index contributed by atoms with van der Waals surface area (Å²) in [6, 6.07) is 2.86. The van der Waals surface area contributed by atoms with E-state index < -0.39 is 17.7 Å². The van der Waals surface area contributed by atoms with Crippen LogP contribution >= 0.6 is 0 Å². The summed E-state index contributed by atoms with van der Waals surface area (Å²) in [6.07, 6.45) is -1.06. The number of hydrogen-bond acceptors (Lipinski definition) is 2. The maximum Gasteiger partial charge on any atom is 0.164 e. The van der Waals surface area contributed by atoms with E-state index in [9.17, 15) is 13.9 Å². The summed E-state index contributed by atoms with van der Waals surface area (Å²) >= 11 is 0. The van der Waals surface area contributed by atoms with Gasteiger partial charge in [-0.2, -0.15) is 0 Å². The fourth-order valence-corrected chi connectivity index (χ4v) is 1.55. The number of ether oxygens (including phenoxy) is 1. The smallest absolute Gasteiger partial charge is 0.164 e. The van der Waals surface area contributed by atoms with E-state index >= 15 is 0 Å². The topological polar surface area (TPSA) is 29.5 Å². The molecule has 1 N–H and O–H groups in total. The molecule has 2 atom stereocenters. The monoisotopic (exact) mass is 230 g/mol. The van der Waals surface area contributed by atoms with Gasteiger partial charge in [-0.15, -0.1) is 0 Å². The molecule has 0 aliphatic heterocycles. The summed E-state index contributed by atoms with van der Waals surface area (Å²) < 4.78 is 31.7. The average Bonchev–Trinajstić information content (AvgIpc) is 2.26. The van der Waals surface area contributed by atoms with E-state index in [1.54, 1.807) is 6.92 Å². The predicted octanol–water partition coefficient (Wildman–Crippen LogP) is 2.59. The van der Waals surface area contributed by atoms with Crippen LogP contribution in [0.2, 0.25) is 0 Å². The Morgan fingerprint density at radius 2 is 1.94 bits per heavy atom. The van der Waals surface area contributed by atoms with E-state index in [0.29, 0.717) is 0 Å². The number of aliphatic hydroxyl groups is 1. The minimum absolute atomic E-state index is 0.0207. The Labute approximate surface area is 93.9 Å². The lowest BCUT2D eigenvalue weighted by Gasteiger charge is -2.19. The molecule has 0 heterocycles. The lowest BCUT2D eigenvalue weighted by molar-refractivity contribution is 0.0540. The van der Waals surface area contributed by atoms with Crippen LogP contribution in [0.4, 0.5) is 8.78 Å². The molecule has 0 spiro atoms. The van der Waals surface area contributed by atoms with Crippen molar-refractivity contribution in [2.24, 2.45) is 5.92 Å². The highest BCUT2D eigenvalue weighted by atomic mass is 19.2. The Kier molecular flexibility index (Phi) is 4.38. The van der Waals surface area contributed by atoms with Gasteiger partial charge in [-0.25, -0.2) is 8.78 Å². The van der Waals surface area contributed by atoms with Gasteiger partial charge in [0.05, 0.1) is 12.7 Å². The predicted molar refractivity (Wildman–Crippen MR) is 57.1 cm³/mol. The Morgan fingerprint density at radius 3 is 2.50 bits per heavy atom. The third-order valence-electron chi connectivity index (χ3n) is 2.59. The number of aryl methyl sites for hydroxylation is 1. The lowest BCUT2D eigenvalue weighted by atomic mass is 9.96. The van der Waals surface area contributed by atoms with Crippen LogP contribution in [0, 0.1) is 24.5 Å². The van der Waals surface area contributed by atoms with Crippen LogP contribution < -0.4 is 0 Å². The van der Waals surface area contributed by atoms with E-state index in [4.69, 9.17) is 4.74 Å². The summed E-state index contributed by atoms with van der Waals surface area (Å²) in [5, 5.41) is 9.83. The summed E-state index contributed by atoms with van der Waals surface area (Å²) in [5.74, 6) is -2.17. The summed E-state index contributed by atoms with van der Waals surface area (Å²) in [5.41, 5.74) is 0.209. The van der Waals surface area contributed by atoms with Gasteiger partial charge in [0.2, 0.25) is 0 Å². The highest BCUT2D eigenvalue weighted by molar-refractivity contribution is 5.27. The van der Waals surface area contributed by atoms with Crippen molar-refractivity contribution in [1.82, 2.24) is 0 Å². The molecule has 4 heteroatoms. The average molecular weight is 230 g/mol. The molecule has 16 heavy (non-hydrogen) atoms. The maximum atomic E-state index is 13.5. The van der Waals surface area contributed by atoms with Crippen molar-refractivity contribution in [3.63, 3.8) is 0 Å². The van der Waals surface area contributed by atoms with Gasteiger partial charge in [0.15, 0.2) is 11.6 Å². The number of methoxy groups -OCH3 is 1. The number of halogens is 2. The van der Waals surface area contributed by atoms with Crippen LogP contribution in [0.25, 0.3) is 0 Å². The van der Waals surface area contributed by atoms with E-state index in [1.165, 1.54) is 26.2 Å². The second-order valence-electron chi connectivity index (χ2n) is 3.98. The molecule has 0 aliphatic rings. The first-order valence-corrected chi connectivity index (χ1v) is 5.10. The van der Waals surface area contributed by atoms with Gasteiger partial charge in [-0.05, 0) is 12.5 Å². The maximum absolute atomic E-state index is 13.5. The van der Waals surface area contributed by atoms with Crippen molar-refractivity contribution < 1.29 is 18.6 Å². The molecule has 1 aromatic rings. The van der Waals surface area contributed by atoms with Crippen molar-refractivity contribution in [3.8, 4) is 0 Å². The van der Waals surface area contributed by atoms with Crippen LogP contribution in [0.3, 0.4) is 0 Å². The first-order chi connectivity index (χ1) is 7.49. The van der Waals surface area contributed by atoms with Gasteiger partial charge < -0.3 is 9.84 Å². The molecule has 1 rings (SSSR count). The fraction of sp³-hybridized carbons (Fsp3) is 0.500. The van der Waals surface area contributed by atoms with Gasteiger partial charge in [0.1, 0.15) is 0 Å². The second-order valence-corrected chi connectivity index (χ2v) is 3.98. The zero-order valence-electron chi connectivity index (χ0n) is 9.63. The van der Waals surface area contributed by atoms with Crippen molar-refractivity contribution in [2.45, 2.75) is 20.0 Å². The molecule has 0 aliphatic carbocycles. The molecule has 0 amide bonds. The zero-order chi connectivity index (χ0) is 12.3. The highest BCUT2D eigenvalue weighted by Crippen LogP contribution is 2.26. The van der Waals surface area contributed by atoms with Crippen LogP contribution in [0.15, 0.2) is 12.1 Å². The molecular formula is C12H16F2O2. The highest BCUT2D eigenvalue weighted by Gasteiger charge is 2.22. The normalized spacial score (nSPS) is 14.9. The van der Waals surface area contributed by atoms with E-state index in [-0.39, 0.29) is 23.7 Å². The molecule has 2 unspecified atom stereocenters. The molecule has 0 bridgehead atoms. The molecule has 90 valence electrons. The van der Waals surface area contributed by atoms with Crippen LogP contribution in [-0.2, 0) is 4.74 Å². The minimum Gasteiger partial charge on any atom is -0.388 e. The van der Waals surface area contributed by atoms with Crippen molar-refractivity contribution in [1.29, 1.82) is 0 Å². The van der Waals surface area contributed by atoms with Gasteiger partial charge >= 0.3 is 0 Å². The lowest BCUT2D eigenvalue weighted by Crippen LogP contribution is -2.16. The SMILES string of the molecule is COCC(C)C(O)c1ccc(C)c(F)c1F. The van der Waals surface area contributed by atoms with Crippen LogP contribution in [0.1, 0.15) is 24.2 Å². The Balaban J connectivity index is 3.00. The Morgan fingerprint density at radius 1 is 1.31 bits per heavy atom. The number of hydrogen-bond donors (Lipinski definition) is 1. The first-order valence-electron chi connectivity index (χ1n) is 5.10. The molecular weight excluding hydrogens is 214 g/mol. The van der Waals surface area contributed by atoms with Crippen LogP contribution in [0.5, 0.6) is 0 Å². The summed E-state index contributed by atoms with van der Waals surface area (Å²) in [6.45, 7) is 3.48. The standard InChI is InChI=1S/C12H16F2O2/c1-7-4-5-9(11(14)10(7)13)12(15)8(2)6-16-3/h4-5,8,12,15H,6H2,1-3H3. The van der Waals surface area contributed by atoms with Crippen molar-refractivity contribution >= 4 is 0 Å². The molecule has 0 aromatic heterocycles. The summed E-state index contributed by atoms with van der Waals surface area (Å²) in [4.78, 5) is 0. The molecule has 1 aromatic carbocycles. The van der Waals surface area contributed by atoms with Crippen molar-refractivity contribution in [2.75, 3.05) is 13.7 Å². The van der Waals surface area contributed by atoms with Crippen LogP contribution in [-0.4, -0.2) is 18.8 Å². The fourth-order valence-electron chi connectivity index (χ4n) is 1.55. The molecule has 0 radical (unpaired) electrons. The second kappa shape index (κ2) is 5.37. The molecule has 0 saturated heterocycles. The number of benzene rings is 1. The minimum atomic E-state index is -1.06. The largest absolute Gasteiger partial charge is 0.388 e. The zero-order valence-corrected chi connectivity index (χ0v) is 9.63. The Hall–Kier alpha value is -1.00. The third kappa shape index (κ3) is 2.57. The quantitative estimate of drug-likeness (QED) is 0.861. The van der Waals surface area contributed by atoms with E-state index in [0.717, 1.165) is 0 Å².